The lowest BCUT2D eigenvalue weighted by atomic mass is 10.0. The monoisotopic (exact) mass is 635 g/mol. The molecule has 16 nitrogen and oxygen atoms in total. The van der Waals surface area contributed by atoms with E-state index in [2.05, 4.69) is 35.4 Å². The zero-order chi connectivity index (χ0) is 31.0. The van der Waals surface area contributed by atoms with Gasteiger partial charge in [-0.05, 0) is 47.7 Å². The summed E-state index contributed by atoms with van der Waals surface area (Å²) in [4.78, 5) is 53.2. The van der Waals surface area contributed by atoms with Crippen molar-refractivity contribution in [3.63, 3.8) is 0 Å². The van der Waals surface area contributed by atoms with Gasteiger partial charge in [0.2, 0.25) is 0 Å². The average molecular weight is 636 g/mol. The van der Waals surface area contributed by atoms with Gasteiger partial charge in [-0.3, -0.25) is 19.1 Å². The summed E-state index contributed by atoms with van der Waals surface area (Å²) in [6.45, 7) is 0.554. The molecule has 1 aliphatic heterocycles. The summed E-state index contributed by atoms with van der Waals surface area (Å²) in [6.07, 6.45) is 1.37. The van der Waals surface area contributed by atoms with Crippen molar-refractivity contribution in [1.29, 1.82) is 0 Å². The van der Waals surface area contributed by atoms with Crippen LogP contribution in [-0.2, 0) is 17.8 Å². The molecule has 5 aromatic rings. The van der Waals surface area contributed by atoms with Crippen LogP contribution in [0.1, 0.15) is 50.1 Å². The molecule has 1 aliphatic carbocycles. The number of nitrogens with one attached hydrogen (secondary N) is 3. The summed E-state index contributed by atoms with van der Waals surface area (Å²) in [7, 11) is 0. The lowest BCUT2D eigenvalue weighted by Gasteiger charge is -2.18. The number of carboxylic acids is 1. The molecular weight excluding hydrogens is 610 g/mol. The second-order valence-electron chi connectivity index (χ2n) is 9.96. The lowest BCUT2D eigenvalue weighted by molar-refractivity contribution is -0.118. The summed E-state index contributed by atoms with van der Waals surface area (Å²) in [5, 5.41) is 22.6. The number of aryl methyl sites for hydroxylation is 1. The Balaban J connectivity index is 0.000000240. The minimum Gasteiger partial charge on any atom is -0.482 e. The molecule has 2 aliphatic rings. The highest BCUT2D eigenvalue weighted by Crippen LogP contribution is 2.34. The van der Waals surface area contributed by atoms with Crippen molar-refractivity contribution in [2.45, 2.75) is 25.4 Å². The van der Waals surface area contributed by atoms with Crippen LogP contribution < -0.4 is 32.6 Å². The lowest BCUT2D eigenvalue weighted by Crippen LogP contribution is -2.28. The quantitative estimate of drug-likeness (QED) is 0.161. The van der Waals surface area contributed by atoms with Gasteiger partial charge in [-0.1, -0.05) is 23.4 Å². The number of nitrogen functional groups attached to an aromatic ring is 1. The van der Waals surface area contributed by atoms with E-state index in [9.17, 15) is 24.3 Å². The van der Waals surface area contributed by atoms with Crippen molar-refractivity contribution in [2.75, 3.05) is 17.7 Å². The molecule has 4 heterocycles. The zero-order valence-corrected chi connectivity index (χ0v) is 24.1. The second-order valence-corrected chi connectivity index (χ2v) is 9.96. The fourth-order valence-electron chi connectivity index (χ4n) is 5.02. The van der Waals surface area contributed by atoms with Crippen LogP contribution in [-0.4, -0.2) is 54.2 Å². The smallest absolute Gasteiger partial charge is 0.439 e. The van der Waals surface area contributed by atoms with Gasteiger partial charge in [-0.2, -0.15) is 0 Å². The number of H-pyrrole nitrogens is 1. The second kappa shape index (κ2) is 12.5. The molecule has 0 saturated heterocycles. The minimum atomic E-state index is -1.26. The van der Waals surface area contributed by atoms with Crippen molar-refractivity contribution in [3.05, 3.63) is 87.2 Å². The number of carbonyl (C=O) groups excluding carboxylic acids is 2. The number of hydrogen-bond donors (Lipinski definition) is 6. The Morgan fingerprint density at radius 2 is 1.96 bits per heavy atom. The van der Waals surface area contributed by atoms with Gasteiger partial charge < -0.3 is 31.9 Å². The van der Waals surface area contributed by atoms with E-state index in [0.717, 1.165) is 27.3 Å². The van der Waals surface area contributed by atoms with Crippen molar-refractivity contribution in [2.24, 2.45) is 5.73 Å². The van der Waals surface area contributed by atoms with Gasteiger partial charge >= 0.3 is 11.7 Å². The average Bonchev–Trinajstić information content (AvgIpc) is 3.73. The maximum atomic E-state index is 12.8. The van der Waals surface area contributed by atoms with Crippen LogP contribution in [0.15, 0.2) is 57.8 Å². The summed E-state index contributed by atoms with van der Waals surface area (Å²) in [5.41, 5.74) is 15.3. The number of nitrogens with two attached hydrogens (primary N) is 2. The maximum absolute atomic E-state index is 12.8. The predicted octanol–water partition coefficient (Wildman–Crippen LogP) is 1.67. The summed E-state index contributed by atoms with van der Waals surface area (Å²) < 4.78 is 10.8. The number of aromatic carboxylic acids is 1. The van der Waals surface area contributed by atoms with Gasteiger partial charge in [0.05, 0.1) is 11.7 Å². The van der Waals surface area contributed by atoms with Crippen molar-refractivity contribution >= 4 is 47.3 Å². The van der Waals surface area contributed by atoms with Crippen LogP contribution in [0, 0.1) is 0 Å². The molecule has 0 radical (unpaired) electrons. The number of halogens is 1. The first-order chi connectivity index (χ1) is 21.2. The number of carboxylic acid groups (broad SMARTS) is 1. The van der Waals surface area contributed by atoms with Crippen LogP contribution >= 0.6 is 12.4 Å². The molecule has 232 valence electrons. The number of amides is 2. The molecule has 0 bridgehead atoms. The molecule has 3 aromatic heterocycles. The third-order valence-electron chi connectivity index (χ3n) is 7.05. The van der Waals surface area contributed by atoms with E-state index in [4.69, 9.17) is 16.2 Å². The number of fused-ring (bicyclic) bond motifs is 3. The van der Waals surface area contributed by atoms with Gasteiger partial charge in [0.15, 0.2) is 23.8 Å². The third kappa shape index (κ3) is 6.31. The maximum Gasteiger partial charge on any atom is 0.439 e. The number of nitrogens with zero attached hydrogens (tertiary/aromatic N) is 4. The van der Waals surface area contributed by atoms with Crippen LogP contribution in [0.4, 0.5) is 11.5 Å². The molecule has 1 atom stereocenters. The van der Waals surface area contributed by atoms with Gasteiger partial charge in [0.1, 0.15) is 17.3 Å². The van der Waals surface area contributed by atoms with E-state index in [-0.39, 0.29) is 53.8 Å². The van der Waals surface area contributed by atoms with E-state index < -0.39 is 17.6 Å². The van der Waals surface area contributed by atoms with Crippen molar-refractivity contribution < 1.29 is 28.8 Å². The van der Waals surface area contributed by atoms with Crippen LogP contribution in [0.3, 0.4) is 0 Å². The number of benzene rings is 2. The molecule has 0 spiro atoms. The van der Waals surface area contributed by atoms with Gasteiger partial charge in [-0.25, -0.2) is 19.1 Å². The fourth-order valence-corrected chi connectivity index (χ4v) is 5.02. The summed E-state index contributed by atoms with van der Waals surface area (Å²) in [5.74, 6) is -1.38. The van der Waals surface area contributed by atoms with Crippen LogP contribution in [0.25, 0.3) is 17.0 Å². The molecule has 0 unspecified atom stereocenters. The van der Waals surface area contributed by atoms with E-state index in [1.165, 1.54) is 6.07 Å². The number of aromatic amines is 1. The molecular formula is C28H26ClN9O7. The normalized spacial score (nSPS) is 14.6. The number of rotatable bonds is 5. The number of hydrogen-bond acceptors (Lipinski definition) is 11. The number of carbonyl (C=O) groups is 3. The summed E-state index contributed by atoms with van der Waals surface area (Å²) in [6, 6.07) is 13.3. The van der Waals surface area contributed by atoms with Crippen molar-refractivity contribution in [3.8, 4) is 17.1 Å². The molecule has 0 saturated carbocycles. The SMILES string of the molecule is Cl.NCc1ccc2c(c1)NC(=O)CO2.Nc1cc2nc(C(=O)N[C@H]3CCc4cc(-c5noc(=O)[nH]5)ccc43)cc(C(=O)O)n2n1. The highest BCUT2D eigenvalue weighted by molar-refractivity contribution is 5.96. The molecule has 17 heteroatoms. The number of aromatic nitrogens is 5. The molecule has 0 fully saturated rings. The Morgan fingerprint density at radius 1 is 1.13 bits per heavy atom. The highest BCUT2D eigenvalue weighted by atomic mass is 35.5. The topological polar surface area (TPSA) is 246 Å². The fraction of sp³-hybridized carbons (Fsp3) is 0.179. The number of ether oxygens (including phenoxy) is 1. The first kappa shape index (κ1) is 30.7. The van der Waals surface area contributed by atoms with Gasteiger partial charge in [-0.15, -0.1) is 17.5 Å². The van der Waals surface area contributed by atoms with E-state index in [0.29, 0.717) is 42.2 Å². The third-order valence-corrected chi connectivity index (χ3v) is 7.05. The van der Waals surface area contributed by atoms with Gasteiger partial charge in [0.25, 0.3) is 11.8 Å². The molecule has 45 heavy (non-hydrogen) atoms. The van der Waals surface area contributed by atoms with E-state index in [1.807, 2.05) is 30.3 Å². The molecule has 2 amide bonds. The molecule has 2 aromatic carbocycles. The Labute approximate surface area is 259 Å². The standard InChI is InChI=1S/C19H15N7O5.C9H10N2O2.ClH/c20-14-7-15-21-12(6-13(18(28)29)26(15)24-14)17(27)22-11-4-2-8-5-9(1-3-10(8)11)16-23-19(30)31-25-16;10-4-6-1-2-8-7(3-6)11-9(12)5-13-8;/h1,3,5-7,11H,2,4H2,(H2,20,24)(H,22,27)(H,28,29)(H,23,25,30);1-3H,4-5,10H2,(H,11,12);1H/t11-;;/m0../s1. The van der Waals surface area contributed by atoms with E-state index >= 15 is 0 Å². The summed E-state index contributed by atoms with van der Waals surface area (Å²) >= 11 is 0. The highest BCUT2D eigenvalue weighted by Gasteiger charge is 2.27. The Morgan fingerprint density at radius 3 is 2.69 bits per heavy atom. The first-order valence-corrected chi connectivity index (χ1v) is 13.3. The Bertz CT molecular complexity index is 2000. The molecule has 8 N–H and O–H groups in total. The predicted molar refractivity (Wildman–Crippen MR) is 161 cm³/mol. The van der Waals surface area contributed by atoms with Crippen LogP contribution in [0.5, 0.6) is 5.75 Å². The Hall–Kier alpha value is -5.74. The Kier molecular flexibility index (Phi) is 8.51. The largest absolute Gasteiger partial charge is 0.482 e. The van der Waals surface area contributed by atoms with Gasteiger partial charge in [0, 0.05) is 24.2 Å². The van der Waals surface area contributed by atoms with Crippen LogP contribution in [0.2, 0.25) is 0 Å². The zero-order valence-electron chi connectivity index (χ0n) is 23.3. The van der Waals surface area contributed by atoms with E-state index in [1.54, 1.807) is 6.07 Å². The number of anilines is 2. The first-order valence-electron chi connectivity index (χ1n) is 13.3. The van der Waals surface area contributed by atoms with Crippen molar-refractivity contribution in [1.82, 2.24) is 30.1 Å². The minimum absolute atomic E-state index is 0. The molecule has 7 rings (SSSR count).